The minimum absolute atomic E-state index is 0.0181. The van der Waals surface area contributed by atoms with Gasteiger partial charge in [-0.05, 0) is 54.5 Å². The number of halogens is 1. The number of nitriles is 1. The third kappa shape index (κ3) is 7.78. The molecule has 0 fully saturated rings. The van der Waals surface area contributed by atoms with Crippen LogP contribution < -0.4 is 14.8 Å². The number of anilines is 1. The Kier molecular flexibility index (Phi) is 8.81. The molecule has 182 valence electrons. The summed E-state index contributed by atoms with van der Waals surface area (Å²) in [7, 11) is -3.53. The Morgan fingerprint density at radius 3 is 2.40 bits per heavy atom. The number of carbonyl (C=O) groups excluding carboxylic acids is 1. The molecule has 0 spiro atoms. The number of nitrogens with one attached hydrogen (secondary N) is 1. The Morgan fingerprint density at radius 1 is 1.14 bits per heavy atom. The van der Waals surface area contributed by atoms with Gasteiger partial charge in [-0.15, -0.1) is 10.2 Å². The summed E-state index contributed by atoms with van der Waals surface area (Å²) >= 11 is 6.71. The van der Waals surface area contributed by atoms with Gasteiger partial charge in [0.05, 0.1) is 13.2 Å². The molecule has 3 aromatic rings. The first-order valence-corrected chi connectivity index (χ1v) is 13.3. The standard InChI is InChI=1S/C23H21ClN4O5S2/c1-15-12-19(8-9-20(15)24)33-11-3-10-32-18-6-4-16(5-7-18)13-17(14-25)21(29)26-22-27-28-23(34-22)35(2,30)31/h4-9,12-13H,3,10-11H2,1-2H3,(H,26,27,29). The van der Waals surface area contributed by atoms with Crippen LogP contribution >= 0.6 is 22.9 Å². The maximum Gasteiger partial charge on any atom is 0.268 e. The molecule has 1 aromatic heterocycles. The molecule has 1 amide bonds. The van der Waals surface area contributed by atoms with Gasteiger partial charge >= 0.3 is 0 Å². The molecule has 9 nitrogen and oxygen atoms in total. The van der Waals surface area contributed by atoms with E-state index in [1.807, 2.05) is 25.1 Å². The Morgan fingerprint density at radius 2 is 1.80 bits per heavy atom. The van der Waals surface area contributed by atoms with Crippen LogP contribution in [0.2, 0.25) is 5.02 Å². The number of hydrogen-bond donors (Lipinski definition) is 1. The Bertz CT molecular complexity index is 1380. The molecule has 3 rings (SSSR count). The first kappa shape index (κ1) is 26.2. The van der Waals surface area contributed by atoms with Crippen molar-refractivity contribution in [2.24, 2.45) is 0 Å². The van der Waals surface area contributed by atoms with E-state index in [1.165, 1.54) is 6.08 Å². The number of hydrogen-bond acceptors (Lipinski definition) is 9. The smallest absolute Gasteiger partial charge is 0.268 e. The highest BCUT2D eigenvalue weighted by atomic mass is 35.5. The molecule has 0 aliphatic carbocycles. The van der Waals surface area contributed by atoms with Crippen molar-refractivity contribution < 1.29 is 22.7 Å². The van der Waals surface area contributed by atoms with Crippen LogP contribution in [0.4, 0.5) is 5.13 Å². The number of nitrogens with zero attached hydrogens (tertiary/aromatic N) is 3. The van der Waals surface area contributed by atoms with Crippen LogP contribution in [0.15, 0.2) is 52.4 Å². The van der Waals surface area contributed by atoms with Gasteiger partial charge in [0.15, 0.2) is 0 Å². The summed E-state index contributed by atoms with van der Waals surface area (Å²) in [5.74, 6) is 0.664. The van der Waals surface area contributed by atoms with E-state index in [-0.39, 0.29) is 15.0 Å². The van der Waals surface area contributed by atoms with Crippen LogP contribution in [0, 0.1) is 18.3 Å². The van der Waals surface area contributed by atoms with Gasteiger partial charge in [-0.2, -0.15) is 5.26 Å². The van der Waals surface area contributed by atoms with Crippen molar-refractivity contribution in [2.75, 3.05) is 24.8 Å². The van der Waals surface area contributed by atoms with Crippen molar-refractivity contribution in [3.63, 3.8) is 0 Å². The normalized spacial score (nSPS) is 11.5. The zero-order valence-electron chi connectivity index (χ0n) is 18.8. The number of sulfone groups is 1. The maximum atomic E-state index is 12.4. The molecule has 0 aliphatic heterocycles. The van der Waals surface area contributed by atoms with E-state index in [1.54, 1.807) is 30.3 Å². The second-order valence-corrected chi connectivity index (χ2v) is 10.9. The van der Waals surface area contributed by atoms with Gasteiger partial charge in [0, 0.05) is 17.7 Å². The molecule has 1 N–H and O–H groups in total. The quantitative estimate of drug-likeness (QED) is 0.177. The Labute approximate surface area is 211 Å². The third-order valence-electron chi connectivity index (χ3n) is 4.46. The molecule has 0 radical (unpaired) electrons. The fraction of sp³-hybridized carbons (Fsp3) is 0.217. The molecular weight excluding hydrogens is 512 g/mol. The number of aromatic nitrogens is 2. The summed E-state index contributed by atoms with van der Waals surface area (Å²) in [5, 5.41) is 19.5. The van der Waals surface area contributed by atoms with E-state index < -0.39 is 15.7 Å². The lowest BCUT2D eigenvalue weighted by molar-refractivity contribution is -0.112. The largest absolute Gasteiger partial charge is 0.493 e. The molecule has 0 bridgehead atoms. The molecular formula is C23H21ClN4O5S2. The number of rotatable bonds is 10. The Hall–Kier alpha value is -3.46. The van der Waals surface area contributed by atoms with E-state index in [0.29, 0.717) is 47.3 Å². The van der Waals surface area contributed by atoms with Crippen LogP contribution in [0.1, 0.15) is 17.5 Å². The zero-order valence-corrected chi connectivity index (χ0v) is 21.2. The predicted molar refractivity (Wildman–Crippen MR) is 133 cm³/mol. The van der Waals surface area contributed by atoms with Gasteiger partial charge in [0.25, 0.3) is 5.91 Å². The van der Waals surface area contributed by atoms with Gasteiger partial charge in [0.2, 0.25) is 19.3 Å². The summed E-state index contributed by atoms with van der Waals surface area (Å²) in [6.45, 7) is 2.85. The highest BCUT2D eigenvalue weighted by molar-refractivity contribution is 7.92. The lowest BCUT2D eigenvalue weighted by atomic mass is 10.1. The average molecular weight is 533 g/mol. The summed E-state index contributed by atoms with van der Waals surface area (Å²) in [4.78, 5) is 12.4. The fourth-order valence-corrected chi connectivity index (χ4v) is 4.32. The number of benzene rings is 2. The number of ether oxygens (including phenoxy) is 2. The van der Waals surface area contributed by atoms with Gasteiger partial charge in [-0.1, -0.05) is 35.1 Å². The SMILES string of the molecule is Cc1cc(OCCCOc2ccc(C=C(C#N)C(=O)Nc3nnc(S(C)(=O)=O)s3)cc2)ccc1Cl. The summed E-state index contributed by atoms with van der Waals surface area (Å²) in [6.07, 6.45) is 3.07. The predicted octanol–water partition coefficient (Wildman–Crippen LogP) is 4.30. The van der Waals surface area contributed by atoms with Crippen LogP contribution in [0.25, 0.3) is 6.08 Å². The van der Waals surface area contributed by atoms with Gasteiger partial charge in [-0.3, -0.25) is 10.1 Å². The molecule has 0 saturated heterocycles. The molecule has 0 atom stereocenters. The zero-order chi connectivity index (χ0) is 25.4. The number of amides is 1. The van der Waals surface area contributed by atoms with E-state index in [9.17, 15) is 18.5 Å². The fourth-order valence-electron chi connectivity index (χ4n) is 2.70. The molecule has 0 saturated carbocycles. The van der Waals surface area contributed by atoms with Crippen LogP contribution in [0.5, 0.6) is 11.5 Å². The van der Waals surface area contributed by atoms with Gasteiger partial charge < -0.3 is 9.47 Å². The summed E-state index contributed by atoms with van der Waals surface area (Å²) in [5.41, 5.74) is 1.39. The number of carbonyl (C=O) groups is 1. The van der Waals surface area contributed by atoms with E-state index in [4.69, 9.17) is 21.1 Å². The number of aryl methyl sites for hydroxylation is 1. The van der Waals surface area contributed by atoms with Crippen LogP contribution in [0.3, 0.4) is 0 Å². The minimum Gasteiger partial charge on any atom is -0.493 e. The van der Waals surface area contributed by atoms with Crippen molar-refractivity contribution in [3.05, 3.63) is 64.2 Å². The lowest BCUT2D eigenvalue weighted by Gasteiger charge is -2.09. The summed E-state index contributed by atoms with van der Waals surface area (Å²) in [6, 6.07) is 14.2. The molecule has 1 heterocycles. The third-order valence-corrected chi connectivity index (χ3v) is 7.39. The Balaban J connectivity index is 1.49. The second-order valence-electron chi connectivity index (χ2n) is 7.30. The molecule has 0 aliphatic rings. The van der Waals surface area contributed by atoms with E-state index >= 15 is 0 Å². The highest BCUT2D eigenvalue weighted by Crippen LogP contribution is 2.22. The van der Waals surface area contributed by atoms with Crippen molar-refractivity contribution in [1.82, 2.24) is 10.2 Å². The van der Waals surface area contributed by atoms with Gasteiger partial charge in [0.1, 0.15) is 23.1 Å². The van der Waals surface area contributed by atoms with Crippen molar-refractivity contribution in [1.29, 1.82) is 5.26 Å². The van der Waals surface area contributed by atoms with Crippen molar-refractivity contribution in [3.8, 4) is 17.6 Å². The molecule has 12 heteroatoms. The average Bonchev–Trinajstić information content (AvgIpc) is 3.29. The highest BCUT2D eigenvalue weighted by Gasteiger charge is 2.17. The molecule has 2 aromatic carbocycles. The van der Waals surface area contributed by atoms with Crippen LogP contribution in [-0.4, -0.2) is 44.0 Å². The van der Waals surface area contributed by atoms with Crippen molar-refractivity contribution >= 4 is 49.9 Å². The summed E-state index contributed by atoms with van der Waals surface area (Å²) < 4.78 is 34.1. The molecule has 0 unspecified atom stereocenters. The van der Waals surface area contributed by atoms with E-state index in [0.717, 1.165) is 17.6 Å². The first-order valence-electron chi connectivity index (χ1n) is 10.2. The van der Waals surface area contributed by atoms with E-state index in [2.05, 4.69) is 15.5 Å². The van der Waals surface area contributed by atoms with Crippen molar-refractivity contribution in [2.45, 2.75) is 17.7 Å². The van der Waals surface area contributed by atoms with Crippen LogP contribution in [-0.2, 0) is 14.6 Å². The minimum atomic E-state index is -3.53. The topological polar surface area (TPSA) is 131 Å². The maximum absolute atomic E-state index is 12.4. The second kappa shape index (κ2) is 11.8. The van der Waals surface area contributed by atoms with Gasteiger partial charge in [-0.25, -0.2) is 8.42 Å². The first-order chi connectivity index (χ1) is 16.7. The molecule has 35 heavy (non-hydrogen) atoms. The monoisotopic (exact) mass is 532 g/mol. The lowest BCUT2D eigenvalue weighted by Crippen LogP contribution is -2.13.